The van der Waals surface area contributed by atoms with Crippen molar-refractivity contribution < 1.29 is 9.53 Å². The van der Waals surface area contributed by atoms with Crippen molar-refractivity contribution in [1.29, 1.82) is 0 Å². The van der Waals surface area contributed by atoms with Crippen molar-refractivity contribution in [2.24, 2.45) is 0 Å². The lowest BCUT2D eigenvalue weighted by Crippen LogP contribution is -2.34. The molecule has 1 N–H and O–H groups in total. The van der Waals surface area contributed by atoms with E-state index in [9.17, 15) is 4.79 Å². The number of fused-ring (bicyclic) bond motifs is 1. The summed E-state index contributed by atoms with van der Waals surface area (Å²) >= 11 is 0. The molecule has 0 saturated carbocycles. The van der Waals surface area contributed by atoms with Gasteiger partial charge in [-0.3, -0.25) is 4.79 Å². The monoisotopic (exact) mass is 463 g/mol. The van der Waals surface area contributed by atoms with Crippen LogP contribution >= 0.6 is 0 Å². The van der Waals surface area contributed by atoms with Crippen molar-refractivity contribution in [2.45, 2.75) is 66.0 Å². The minimum Gasteiger partial charge on any atom is -0.493 e. The van der Waals surface area contributed by atoms with Crippen LogP contribution in [0.1, 0.15) is 63.0 Å². The maximum Gasteiger partial charge on any atom is 0.268 e. The van der Waals surface area contributed by atoms with Crippen molar-refractivity contribution in [3.63, 3.8) is 0 Å². The highest BCUT2D eigenvalue weighted by atomic mass is 16.5. The van der Waals surface area contributed by atoms with Crippen LogP contribution in [0.5, 0.6) is 5.75 Å². The maximum absolute atomic E-state index is 13.4. The van der Waals surface area contributed by atoms with Gasteiger partial charge in [-0.15, -0.1) is 0 Å². The molecule has 1 heterocycles. The van der Waals surface area contributed by atoms with Crippen molar-refractivity contribution >= 4 is 16.8 Å². The maximum atomic E-state index is 13.4. The number of amides is 1. The molecule has 1 atom stereocenters. The highest BCUT2D eigenvalue weighted by molar-refractivity contribution is 6.00. The molecule has 3 aromatic rings. The van der Waals surface area contributed by atoms with Crippen LogP contribution in [0.3, 0.4) is 0 Å². The third-order valence-electron chi connectivity index (χ3n) is 6.51. The summed E-state index contributed by atoms with van der Waals surface area (Å²) < 4.78 is 8.03. The molecule has 0 aliphatic heterocycles. The van der Waals surface area contributed by atoms with Crippen LogP contribution < -0.4 is 10.1 Å². The summed E-state index contributed by atoms with van der Waals surface area (Å²) in [5.74, 6) is 0.830. The topological polar surface area (TPSA) is 46.5 Å². The second-order valence-electron chi connectivity index (χ2n) is 8.94. The molecule has 0 saturated heterocycles. The van der Waals surface area contributed by atoms with Crippen LogP contribution in [-0.2, 0) is 13.0 Å². The molecule has 0 bridgehead atoms. The first kappa shape index (κ1) is 25.8. The average Bonchev–Trinajstić information content (AvgIpc) is 3.22. The van der Waals surface area contributed by atoms with Crippen LogP contribution in [0.25, 0.3) is 10.9 Å². The van der Waals surface area contributed by atoms with Gasteiger partial charge in [0.25, 0.3) is 5.91 Å². The van der Waals surface area contributed by atoms with Crippen molar-refractivity contribution in [1.82, 2.24) is 14.8 Å². The number of benzene rings is 2. The Morgan fingerprint density at radius 3 is 2.50 bits per heavy atom. The van der Waals surface area contributed by atoms with E-state index >= 15 is 0 Å². The highest BCUT2D eigenvalue weighted by Gasteiger charge is 2.19. The summed E-state index contributed by atoms with van der Waals surface area (Å²) in [6.45, 7) is 13.1. The largest absolute Gasteiger partial charge is 0.493 e. The number of aromatic nitrogens is 1. The number of ether oxygens (including phenoxy) is 1. The van der Waals surface area contributed by atoms with Crippen LogP contribution in [0, 0.1) is 0 Å². The zero-order valence-electron chi connectivity index (χ0n) is 21.3. The fraction of sp³-hybridized carbons (Fsp3) is 0.483. The zero-order chi connectivity index (χ0) is 24.3. The fourth-order valence-electron chi connectivity index (χ4n) is 4.58. The van der Waals surface area contributed by atoms with Gasteiger partial charge in [0.15, 0.2) is 0 Å². The Morgan fingerprint density at radius 1 is 1.03 bits per heavy atom. The number of carbonyl (C=O) groups excluding carboxylic acids is 1. The third kappa shape index (κ3) is 6.86. The molecule has 1 amide bonds. The first-order valence-corrected chi connectivity index (χ1v) is 12.9. The van der Waals surface area contributed by atoms with Gasteiger partial charge in [0.2, 0.25) is 0 Å². The first-order valence-electron chi connectivity index (χ1n) is 12.9. The van der Waals surface area contributed by atoms with Gasteiger partial charge in [0.1, 0.15) is 11.4 Å². The van der Waals surface area contributed by atoms with Crippen LogP contribution in [0.4, 0.5) is 0 Å². The lowest BCUT2D eigenvalue weighted by Gasteiger charge is -2.20. The third-order valence-corrected chi connectivity index (χ3v) is 6.51. The average molecular weight is 464 g/mol. The number of hydrogen-bond donors (Lipinski definition) is 1. The number of nitrogens with zero attached hydrogens (tertiary/aromatic N) is 2. The van der Waals surface area contributed by atoms with Crippen molar-refractivity contribution in [2.75, 3.05) is 26.2 Å². The molecule has 2 aromatic carbocycles. The summed E-state index contributed by atoms with van der Waals surface area (Å²) in [6.07, 6.45) is 4.00. The normalized spacial score (nSPS) is 12.3. The first-order chi connectivity index (χ1) is 16.6. The molecule has 0 fully saturated rings. The molecule has 1 aromatic heterocycles. The van der Waals surface area contributed by atoms with E-state index in [0.717, 1.165) is 68.5 Å². The Hall–Kier alpha value is -2.79. The zero-order valence-corrected chi connectivity index (χ0v) is 21.3. The summed E-state index contributed by atoms with van der Waals surface area (Å²) in [5, 5.41) is 4.25. The summed E-state index contributed by atoms with van der Waals surface area (Å²) in [6, 6.07) is 18.7. The molecule has 0 radical (unpaired) electrons. The molecule has 5 nitrogen and oxygen atoms in total. The standard InChI is InChI=1S/C29H41N3O2/c1-5-31(6-2)20-12-14-23(4)30-29(33)27-22-25-26(18-11-19-28(25)34-7-3)32(27)21-13-17-24-15-9-8-10-16-24/h8-11,15-16,18-19,22-23H,5-7,12-14,17,20-21H2,1-4H3,(H,30,33)/t23-/m1/s1. The molecule has 3 rings (SSSR count). The van der Waals surface area contributed by atoms with Crippen LogP contribution in [-0.4, -0.2) is 47.7 Å². The fourth-order valence-corrected chi connectivity index (χ4v) is 4.58. The quantitative estimate of drug-likeness (QED) is 0.323. The minimum atomic E-state index is -0.00583. The Balaban J connectivity index is 1.75. The summed E-state index contributed by atoms with van der Waals surface area (Å²) in [7, 11) is 0. The molecule has 184 valence electrons. The van der Waals surface area contributed by atoms with Gasteiger partial charge in [-0.05, 0) is 82.9 Å². The molecule has 5 heteroatoms. The van der Waals surface area contributed by atoms with Gasteiger partial charge in [-0.2, -0.15) is 0 Å². The van der Waals surface area contributed by atoms with Crippen molar-refractivity contribution in [3.8, 4) is 5.75 Å². The second-order valence-corrected chi connectivity index (χ2v) is 8.94. The summed E-state index contributed by atoms with van der Waals surface area (Å²) in [5.41, 5.74) is 3.09. The predicted octanol–water partition coefficient (Wildman–Crippen LogP) is 5.91. The number of nitrogens with one attached hydrogen (secondary N) is 1. The van der Waals surface area contributed by atoms with E-state index in [1.165, 1.54) is 5.56 Å². The number of aryl methyl sites for hydroxylation is 2. The minimum absolute atomic E-state index is 0.00583. The molecule has 0 spiro atoms. The molecule has 0 unspecified atom stereocenters. The van der Waals surface area contributed by atoms with Gasteiger partial charge >= 0.3 is 0 Å². The molecular weight excluding hydrogens is 422 g/mol. The van der Waals surface area contributed by atoms with E-state index in [0.29, 0.717) is 12.3 Å². The smallest absolute Gasteiger partial charge is 0.268 e. The lowest BCUT2D eigenvalue weighted by atomic mass is 10.1. The number of carbonyl (C=O) groups is 1. The van der Waals surface area contributed by atoms with E-state index < -0.39 is 0 Å². The van der Waals surface area contributed by atoms with Gasteiger partial charge in [-0.1, -0.05) is 50.2 Å². The van der Waals surface area contributed by atoms with Crippen LogP contribution in [0.15, 0.2) is 54.6 Å². The SMILES string of the molecule is CCOc1cccc2c1cc(C(=O)N[C@H](C)CCCN(CC)CC)n2CCCc1ccccc1. The second kappa shape index (κ2) is 13.2. The van der Waals surface area contributed by atoms with E-state index in [2.05, 4.69) is 65.9 Å². The predicted molar refractivity (Wildman–Crippen MR) is 142 cm³/mol. The van der Waals surface area contributed by atoms with E-state index in [1.807, 2.05) is 31.2 Å². The van der Waals surface area contributed by atoms with E-state index in [4.69, 9.17) is 4.74 Å². The lowest BCUT2D eigenvalue weighted by molar-refractivity contribution is 0.0928. The van der Waals surface area contributed by atoms with Gasteiger partial charge < -0.3 is 19.5 Å². The van der Waals surface area contributed by atoms with Crippen LogP contribution in [0.2, 0.25) is 0 Å². The van der Waals surface area contributed by atoms with Crippen molar-refractivity contribution in [3.05, 3.63) is 65.9 Å². The number of hydrogen-bond acceptors (Lipinski definition) is 3. The van der Waals surface area contributed by atoms with E-state index in [-0.39, 0.29) is 11.9 Å². The Bertz CT molecular complexity index is 1020. The van der Waals surface area contributed by atoms with Gasteiger partial charge in [0.05, 0.1) is 12.1 Å². The molecule has 0 aliphatic carbocycles. The highest BCUT2D eigenvalue weighted by Crippen LogP contribution is 2.29. The Kier molecular flexibility index (Phi) is 10.0. The van der Waals surface area contributed by atoms with Gasteiger partial charge in [0, 0.05) is 18.0 Å². The summed E-state index contributed by atoms with van der Waals surface area (Å²) in [4.78, 5) is 15.8. The van der Waals surface area contributed by atoms with E-state index in [1.54, 1.807) is 0 Å². The molecular formula is C29H41N3O2. The molecule has 0 aliphatic rings. The Labute approximate surface area is 205 Å². The number of rotatable bonds is 14. The molecule has 34 heavy (non-hydrogen) atoms. The Morgan fingerprint density at radius 2 is 1.79 bits per heavy atom. The van der Waals surface area contributed by atoms with Gasteiger partial charge in [-0.25, -0.2) is 0 Å².